The highest BCUT2D eigenvalue weighted by molar-refractivity contribution is 6.06. The van der Waals surface area contributed by atoms with Gasteiger partial charge < -0.3 is 5.32 Å². The SMILES string of the molecule is O=C(CCC1CCNC1)c1cccc2cccnc12. The number of ketones is 1. The van der Waals surface area contributed by atoms with Gasteiger partial charge in [0.1, 0.15) is 0 Å². The molecule has 0 amide bonds. The predicted octanol–water partition coefficient (Wildman–Crippen LogP) is 2.81. The van der Waals surface area contributed by atoms with E-state index < -0.39 is 0 Å². The van der Waals surface area contributed by atoms with Crippen LogP contribution in [0.3, 0.4) is 0 Å². The van der Waals surface area contributed by atoms with Crippen molar-refractivity contribution in [2.45, 2.75) is 19.3 Å². The number of Topliss-reactive ketones (excluding diaryl/α,β-unsaturated/α-hetero) is 1. The van der Waals surface area contributed by atoms with Crippen LogP contribution in [0.1, 0.15) is 29.6 Å². The Balaban J connectivity index is 1.77. The minimum atomic E-state index is 0.219. The maximum absolute atomic E-state index is 12.4. The highest BCUT2D eigenvalue weighted by atomic mass is 16.1. The van der Waals surface area contributed by atoms with Gasteiger partial charge in [0.15, 0.2) is 5.78 Å². The highest BCUT2D eigenvalue weighted by Crippen LogP contribution is 2.20. The van der Waals surface area contributed by atoms with E-state index in [1.165, 1.54) is 6.42 Å². The fourth-order valence-electron chi connectivity index (χ4n) is 2.76. The maximum Gasteiger partial charge on any atom is 0.165 e. The number of para-hydroxylation sites is 1. The van der Waals surface area contributed by atoms with Crippen molar-refractivity contribution in [3.05, 3.63) is 42.1 Å². The Kier molecular flexibility index (Phi) is 3.56. The van der Waals surface area contributed by atoms with Gasteiger partial charge in [0, 0.05) is 23.6 Å². The van der Waals surface area contributed by atoms with E-state index >= 15 is 0 Å². The number of carbonyl (C=O) groups excluding carboxylic acids is 1. The Morgan fingerprint density at radius 3 is 3.05 bits per heavy atom. The zero-order chi connectivity index (χ0) is 13.1. The molecule has 1 N–H and O–H groups in total. The van der Waals surface area contributed by atoms with Crippen LogP contribution in [0.15, 0.2) is 36.5 Å². The molecule has 0 radical (unpaired) electrons. The second kappa shape index (κ2) is 5.49. The Hall–Kier alpha value is -1.74. The van der Waals surface area contributed by atoms with Crippen LogP contribution in [-0.4, -0.2) is 23.9 Å². The summed E-state index contributed by atoms with van der Waals surface area (Å²) in [5.41, 5.74) is 1.60. The average Bonchev–Trinajstić information content (AvgIpc) is 2.97. The van der Waals surface area contributed by atoms with Gasteiger partial charge in [-0.2, -0.15) is 0 Å². The van der Waals surface area contributed by atoms with Crippen LogP contribution >= 0.6 is 0 Å². The molecule has 1 saturated heterocycles. The fourth-order valence-corrected chi connectivity index (χ4v) is 2.76. The number of pyridine rings is 1. The number of benzene rings is 1. The van der Waals surface area contributed by atoms with E-state index in [-0.39, 0.29) is 5.78 Å². The Bertz CT molecular complexity index is 583. The lowest BCUT2D eigenvalue weighted by Crippen LogP contribution is -2.10. The van der Waals surface area contributed by atoms with Crippen LogP contribution in [-0.2, 0) is 0 Å². The molecule has 1 aliphatic heterocycles. The van der Waals surface area contributed by atoms with Crippen molar-refractivity contribution >= 4 is 16.7 Å². The molecule has 1 aliphatic rings. The lowest BCUT2D eigenvalue weighted by molar-refractivity contribution is 0.0976. The molecule has 1 fully saturated rings. The van der Waals surface area contributed by atoms with Crippen LogP contribution in [0.25, 0.3) is 10.9 Å². The van der Waals surface area contributed by atoms with Gasteiger partial charge in [-0.1, -0.05) is 18.2 Å². The first kappa shape index (κ1) is 12.3. The molecule has 1 aromatic carbocycles. The zero-order valence-corrected chi connectivity index (χ0v) is 10.9. The molecule has 2 aromatic rings. The highest BCUT2D eigenvalue weighted by Gasteiger charge is 2.17. The normalized spacial score (nSPS) is 18.8. The van der Waals surface area contributed by atoms with Crippen molar-refractivity contribution < 1.29 is 4.79 Å². The molecule has 1 aromatic heterocycles. The molecule has 3 rings (SSSR count). The summed E-state index contributed by atoms with van der Waals surface area (Å²) >= 11 is 0. The Morgan fingerprint density at radius 1 is 1.32 bits per heavy atom. The second-order valence-electron chi connectivity index (χ2n) is 5.20. The molecule has 19 heavy (non-hydrogen) atoms. The summed E-state index contributed by atoms with van der Waals surface area (Å²) < 4.78 is 0. The van der Waals surface area contributed by atoms with Gasteiger partial charge in [0.25, 0.3) is 0 Å². The molecule has 3 heteroatoms. The van der Waals surface area contributed by atoms with E-state index in [9.17, 15) is 4.79 Å². The van der Waals surface area contributed by atoms with Gasteiger partial charge in [0.05, 0.1) is 5.52 Å². The number of nitrogens with zero attached hydrogens (tertiary/aromatic N) is 1. The standard InChI is InChI=1S/C16H18N2O/c19-15(7-6-12-8-10-17-11-12)14-5-1-3-13-4-2-9-18-16(13)14/h1-5,9,12,17H,6-8,10-11H2. The summed E-state index contributed by atoms with van der Waals surface area (Å²) in [6, 6.07) is 9.74. The van der Waals surface area contributed by atoms with Crippen molar-refractivity contribution in [2.75, 3.05) is 13.1 Å². The first-order valence-corrected chi connectivity index (χ1v) is 6.92. The summed E-state index contributed by atoms with van der Waals surface area (Å²) in [6.07, 6.45) is 4.55. The molecule has 0 bridgehead atoms. The largest absolute Gasteiger partial charge is 0.316 e. The lowest BCUT2D eigenvalue weighted by Gasteiger charge is -2.08. The number of aromatic nitrogens is 1. The summed E-state index contributed by atoms with van der Waals surface area (Å²) in [7, 11) is 0. The molecule has 3 nitrogen and oxygen atoms in total. The maximum atomic E-state index is 12.4. The van der Waals surface area contributed by atoms with E-state index in [4.69, 9.17) is 0 Å². The molecule has 98 valence electrons. The van der Waals surface area contributed by atoms with Crippen molar-refractivity contribution in [1.82, 2.24) is 10.3 Å². The molecule has 0 spiro atoms. The van der Waals surface area contributed by atoms with Gasteiger partial charge in [0.2, 0.25) is 0 Å². The van der Waals surface area contributed by atoms with Crippen LogP contribution in [0.4, 0.5) is 0 Å². The Labute approximate surface area is 113 Å². The van der Waals surface area contributed by atoms with E-state index in [0.717, 1.165) is 36.0 Å². The molecule has 0 saturated carbocycles. The monoisotopic (exact) mass is 254 g/mol. The number of nitrogens with one attached hydrogen (secondary N) is 1. The van der Waals surface area contributed by atoms with E-state index in [2.05, 4.69) is 10.3 Å². The lowest BCUT2D eigenvalue weighted by atomic mass is 9.97. The van der Waals surface area contributed by atoms with Crippen LogP contribution in [0, 0.1) is 5.92 Å². The topological polar surface area (TPSA) is 42.0 Å². The van der Waals surface area contributed by atoms with Crippen molar-refractivity contribution in [2.24, 2.45) is 5.92 Å². The fraction of sp³-hybridized carbons (Fsp3) is 0.375. The zero-order valence-electron chi connectivity index (χ0n) is 10.9. The summed E-state index contributed by atoms with van der Waals surface area (Å²) in [4.78, 5) is 16.7. The van der Waals surface area contributed by atoms with Gasteiger partial charge >= 0.3 is 0 Å². The molecular weight excluding hydrogens is 236 g/mol. The first-order chi connectivity index (χ1) is 9.34. The van der Waals surface area contributed by atoms with Crippen LogP contribution < -0.4 is 5.32 Å². The number of hydrogen-bond donors (Lipinski definition) is 1. The predicted molar refractivity (Wildman–Crippen MR) is 76.3 cm³/mol. The van der Waals surface area contributed by atoms with E-state index in [1.807, 2.05) is 30.3 Å². The second-order valence-corrected chi connectivity index (χ2v) is 5.20. The van der Waals surface area contributed by atoms with Gasteiger partial charge in [-0.05, 0) is 44.0 Å². The van der Waals surface area contributed by atoms with Crippen molar-refractivity contribution in [3.8, 4) is 0 Å². The van der Waals surface area contributed by atoms with Crippen LogP contribution in [0.5, 0.6) is 0 Å². The van der Waals surface area contributed by atoms with Gasteiger partial charge in [-0.3, -0.25) is 9.78 Å². The number of rotatable bonds is 4. The van der Waals surface area contributed by atoms with E-state index in [0.29, 0.717) is 12.3 Å². The smallest absolute Gasteiger partial charge is 0.165 e. The number of carbonyl (C=O) groups is 1. The minimum absolute atomic E-state index is 0.219. The average molecular weight is 254 g/mol. The number of fused-ring (bicyclic) bond motifs is 1. The molecule has 1 unspecified atom stereocenters. The minimum Gasteiger partial charge on any atom is -0.316 e. The van der Waals surface area contributed by atoms with Crippen molar-refractivity contribution in [1.29, 1.82) is 0 Å². The van der Waals surface area contributed by atoms with Crippen molar-refractivity contribution in [3.63, 3.8) is 0 Å². The van der Waals surface area contributed by atoms with Gasteiger partial charge in [-0.25, -0.2) is 0 Å². The summed E-state index contributed by atoms with van der Waals surface area (Å²) in [5.74, 6) is 0.878. The summed E-state index contributed by atoms with van der Waals surface area (Å²) in [6.45, 7) is 2.15. The summed E-state index contributed by atoms with van der Waals surface area (Å²) in [5, 5.41) is 4.38. The molecule has 2 heterocycles. The first-order valence-electron chi connectivity index (χ1n) is 6.92. The van der Waals surface area contributed by atoms with Crippen LogP contribution in [0.2, 0.25) is 0 Å². The third-order valence-electron chi connectivity index (χ3n) is 3.88. The van der Waals surface area contributed by atoms with Gasteiger partial charge in [-0.15, -0.1) is 0 Å². The number of hydrogen-bond acceptors (Lipinski definition) is 3. The molecule has 1 atom stereocenters. The van der Waals surface area contributed by atoms with E-state index in [1.54, 1.807) is 6.20 Å². The third-order valence-corrected chi connectivity index (χ3v) is 3.88. The third kappa shape index (κ3) is 2.66. The quantitative estimate of drug-likeness (QED) is 0.853. The molecule has 0 aliphatic carbocycles. The Morgan fingerprint density at radius 2 is 2.21 bits per heavy atom. The molecular formula is C16H18N2O.